The van der Waals surface area contributed by atoms with E-state index in [-0.39, 0.29) is 36.4 Å². The Labute approximate surface area is 229 Å². The first-order chi connectivity index (χ1) is 18.5. The number of rotatable bonds is 1. The molecule has 6 atom stereocenters. The number of aromatic amines is 1. The number of carbonyl (C=O) groups excluding carboxylic acids is 3. The number of nitrogens with zero attached hydrogens (tertiary/aromatic N) is 2. The zero-order valence-corrected chi connectivity index (χ0v) is 23.4. The molecule has 10 heteroatoms. The summed E-state index contributed by atoms with van der Waals surface area (Å²) in [6.07, 6.45) is 7.64. The van der Waals surface area contributed by atoms with E-state index in [0.717, 1.165) is 5.57 Å². The molecule has 1 saturated heterocycles. The van der Waals surface area contributed by atoms with Crippen molar-refractivity contribution in [1.82, 2.24) is 20.2 Å². The molecule has 214 valence electrons. The van der Waals surface area contributed by atoms with Gasteiger partial charge in [0.1, 0.15) is 29.8 Å². The van der Waals surface area contributed by atoms with Crippen molar-refractivity contribution >= 4 is 17.8 Å². The van der Waals surface area contributed by atoms with Gasteiger partial charge in [0.2, 0.25) is 5.91 Å². The topological polar surface area (TPSA) is 125 Å². The number of carbonyl (C=O) groups is 3. The Bertz CT molecular complexity index is 1110. The van der Waals surface area contributed by atoms with E-state index < -0.39 is 42.2 Å². The average molecular weight is 545 g/mol. The Morgan fingerprint density at radius 3 is 2.67 bits per heavy atom. The van der Waals surface area contributed by atoms with Crippen molar-refractivity contribution in [2.75, 3.05) is 13.1 Å². The van der Waals surface area contributed by atoms with Gasteiger partial charge in [0.15, 0.2) is 0 Å². The Hall–Kier alpha value is -3.27. The maximum atomic E-state index is 15.0. The largest absolute Gasteiger partial charge is 0.460 e. The highest BCUT2D eigenvalue weighted by Crippen LogP contribution is 2.25. The molecule has 3 heterocycles. The van der Waals surface area contributed by atoms with Crippen LogP contribution in [0.1, 0.15) is 63.8 Å². The average Bonchev–Trinajstić information content (AvgIpc) is 3.56. The van der Waals surface area contributed by atoms with Gasteiger partial charge in [-0.2, -0.15) is 0 Å². The first kappa shape index (κ1) is 30.3. The van der Waals surface area contributed by atoms with Crippen molar-refractivity contribution in [2.45, 2.75) is 78.3 Å². The van der Waals surface area contributed by atoms with Gasteiger partial charge in [-0.05, 0) is 31.8 Å². The summed E-state index contributed by atoms with van der Waals surface area (Å²) in [7, 11) is 0. The van der Waals surface area contributed by atoms with Crippen LogP contribution in [0.3, 0.4) is 0 Å². The van der Waals surface area contributed by atoms with Crippen LogP contribution >= 0.6 is 0 Å². The van der Waals surface area contributed by atoms with Gasteiger partial charge in [-0.15, -0.1) is 0 Å². The van der Waals surface area contributed by atoms with Crippen LogP contribution in [0.2, 0.25) is 0 Å². The predicted octanol–water partition coefficient (Wildman–Crippen LogP) is 3.28. The van der Waals surface area contributed by atoms with Crippen LogP contribution in [0.4, 0.5) is 4.39 Å². The number of aromatic nitrogens is 2. The summed E-state index contributed by atoms with van der Waals surface area (Å²) in [6, 6.07) is -0.738. The fraction of sp³-hybridized carbons (Fsp3) is 0.586. The number of aliphatic hydroxyl groups is 1. The number of hydrogen-bond acceptors (Lipinski definition) is 6. The minimum atomic E-state index is -1.42. The highest BCUT2D eigenvalue weighted by Gasteiger charge is 2.38. The zero-order chi connectivity index (χ0) is 28.7. The normalized spacial score (nSPS) is 30.9. The summed E-state index contributed by atoms with van der Waals surface area (Å²) >= 11 is 0. The number of imidazole rings is 1. The fourth-order valence-electron chi connectivity index (χ4n) is 4.92. The lowest BCUT2D eigenvalue weighted by Crippen LogP contribution is -2.44. The number of allylic oxidation sites excluding steroid dienone is 2. The molecule has 0 spiro atoms. The van der Waals surface area contributed by atoms with Crippen LogP contribution in [0, 0.1) is 17.8 Å². The maximum Gasteiger partial charge on any atom is 0.329 e. The summed E-state index contributed by atoms with van der Waals surface area (Å²) in [6.45, 7) is 9.82. The van der Waals surface area contributed by atoms with E-state index >= 15 is 4.39 Å². The molecule has 0 aromatic carbocycles. The third-order valence-corrected chi connectivity index (χ3v) is 7.33. The van der Waals surface area contributed by atoms with Gasteiger partial charge in [-0.1, -0.05) is 57.6 Å². The molecule has 1 aromatic heterocycles. The van der Waals surface area contributed by atoms with Gasteiger partial charge >= 0.3 is 5.97 Å². The van der Waals surface area contributed by atoms with Crippen molar-refractivity contribution < 1.29 is 28.6 Å². The van der Waals surface area contributed by atoms with Crippen LogP contribution in [0.5, 0.6) is 0 Å². The van der Waals surface area contributed by atoms with E-state index in [4.69, 9.17) is 4.74 Å². The monoisotopic (exact) mass is 544 g/mol. The second-order valence-corrected chi connectivity index (χ2v) is 10.9. The molecule has 0 unspecified atom stereocenters. The molecule has 3 rings (SSSR count). The van der Waals surface area contributed by atoms with Crippen LogP contribution in [0.25, 0.3) is 0 Å². The molecular formula is C29H41FN4O5. The Balaban J connectivity index is 1.88. The molecule has 1 aromatic rings. The lowest BCUT2D eigenvalue weighted by molar-refractivity contribution is -0.158. The molecule has 2 amide bonds. The van der Waals surface area contributed by atoms with E-state index in [1.54, 1.807) is 38.2 Å². The number of nitrogens with one attached hydrogen (secondary N) is 2. The second kappa shape index (κ2) is 13.7. The summed E-state index contributed by atoms with van der Waals surface area (Å²) in [5.74, 6) is -1.86. The quantitative estimate of drug-likeness (QED) is 0.466. The van der Waals surface area contributed by atoms with Crippen molar-refractivity contribution in [2.24, 2.45) is 17.8 Å². The van der Waals surface area contributed by atoms with Crippen LogP contribution in [0.15, 0.2) is 42.2 Å². The third-order valence-electron chi connectivity index (χ3n) is 7.33. The molecule has 2 aliphatic rings. The van der Waals surface area contributed by atoms with Crippen molar-refractivity contribution in [3.63, 3.8) is 0 Å². The zero-order valence-electron chi connectivity index (χ0n) is 23.4. The first-order valence-electron chi connectivity index (χ1n) is 13.7. The first-order valence-corrected chi connectivity index (χ1v) is 13.7. The fourth-order valence-corrected chi connectivity index (χ4v) is 4.92. The standard InChI is InChI=1S/C29H41FN4O5/c1-17(2)27-19(4)10-11-26(36)31-12-6-8-18(3)14-24(35)20(5)21(30)15-25-32-16-22(33-25)28(37)34-13-7-9-23(34)29(38)39-27/h6,8,10-11,14,16-17,19-21,23-24,27,35H,7,9,12-13,15H2,1-5H3,(H,31,36)(H,32,33)/b8-6?,11-10+,18-14?/t19-,20-,21+,23-,24-,27-/m1/s1. The van der Waals surface area contributed by atoms with Gasteiger partial charge in [-0.3, -0.25) is 9.59 Å². The van der Waals surface area contributed by atoms with Crippen molar-refractivity contribution in [3.8, 4) is 0 Å². The number of fused-ring (bicyclic) bond motifs is 3. The van der Waals surface area contributed by atoms with E-state index in [1.807, 2.05) is 20.8 Å². The van der Waals surface area contributed by atoms with Crippen molar-refractivity contribution in [3.05, 3.63) is 53.7 Å². The van der Waals surface area contributed by atoms with E-state index in [2.05, 4.69) is 15.3 Å². The molecule has 2 aliphatic heterocycles. The highest BCUT2D eigenvalue weighted by molar-refractivity contribution is 5.95. The van der Waals surface area contributed by atoms with Crippen molar-refractivity contribution in [1.29, 1.82) is 0 Å². The minimum absolute atomic E-state index is 0.0176. The Morgan fingerprint density at radius 2 is 1.95 bits per heavy atom. The highest BCUT2D eigenvalue weighted by atomic mass is 19.1. The number of cyclic esters (lactones) is 1. The van der Waals surface area contributed by atoms with Gasteiger partial charge in [0.05, 0.1) is 12.3 Å². The molecule has 1 fully saturated rings. The number of ether oxygens (including phenoxy) is 1. The smallest absolute Gasteiger partial charge is 0.329 e. The molecule has 0 aliphatic carbocycles. The maximum absolute atomic E-state index is 15.0. The third kappa shape index (κ3) is 8.11. The number of H-pyrrole nitrogens is 1. The number of halogens is 1. The Morgan fingerprint density at radius 1 is 1.21 bits per heavy atom. The molecule has 0 radical (unpaired) electrons. The predicted molar refractivity (Wildman–Crippen MR) is 145 cm³/mol. The molecular weight excluding hydrogens is 503 g/mol. The van der Waals surface area contributed by atoms with Gasteiger partial charge < -0.3 is 25.0 Å². The van der Waals surface area contributed by atoms with Gasteiger partial charge in [-0.25, -0.2) is 14.2 Å². The molecule has 3 N–H and O–H groups in total. The SMILES string of the molecule is CC1=C[C@@H](O)[C@H](C)[C@@H](F)Cc2ncc([nH]2)C(=O)N2CCC[C@@H]2C(=O)O[C@H](C(C)C)[C@H](C)/C=C/C(=O)NCC=C1. The molecule has 39 heavy (non-hydrogen) atoms. The Kier molecular flexibility index (Phi) is 10.6. The number of alkyl halides is 1. The minimum Gasteiger partial charge on any atom is -0.460 e. The molecule has 9 nitrogen and oxygen atoms in total. The summed E-state index contributed by atoms with van der Waals surface area (Å²) in [5, 5.41) is 13.3. The van der Waals surface area contributed by atoms with Crippen LogP contribution in [-0.2, 0) is 20.7 Å². The van der Waals surface area contributed by atoms with E-state index in [1.165, 1.54) is 17.2 Å². The summed E-state index contributed by atoms with van der Waals surface area (Å²) in [5.41, 5.74) is 0.901. The number of aliphatic hydroxyl groups excluding tert-OH is 1. The lowest BCUT2D eigenvalue weighted by Gasteiger charge is -2.29. The number of hydrogen-bond donors (Lipinski definition) is 3. The summed E-state index contributed by atoms with van der Waals surface area (Å²) < 4.78 is 20.9. The van der Waals surface area contributed by atoms with E-state index in [9.17, 15) is 19.5 Å². The summed E-state index contributed by atoms with van der Waals surface area (Å²) in [4.78, 5) is 47.3. The molecule has 0 saturated carbocycles. The molecule has 2 bridgehead atoms. The van der Waals surface area contributed by atoms with Crippen LogP contribution < -0.4 is 5.32 Å². The number of amides is 2. The van der Waals surface area contributed by atoms with Gasteiger partial charge in [0.25, 0.3) is 5.91 Å². The second-order valence-electron chi connectivity index (χ2n) is 10.9. The van der Waals surface area contributed by atoms with Crippen LogP contribution in [-0.4, -0.2) is 75.3 Å². The lowest BCUT2D eigenvalue weighted by atomic mass is 9.94. The van der Waals surface area contributed by atoms with Gasteiger partial charge in [0, 0.05) is 31.3 Å². The van der Waals surface area contributed by atoms with E-state index in [0.29, 0.717) is 25.2 Å². The number of esters is 1.